The molecule has 0 aromatic carbocycles. The number of carbonyl (C=O) groups is 4. The second-order valence-electron chi connectivity index (χ2n) is 5.66. The number of aliphatic carboxylic acids is 1. The summed E-state index contributed by atoms with van der Waals surface area (Å²) in [5.41, 5.74) is 20.0. The Hall–Kier alpha value is -3.09. The van der Waals surface area contributed by atoms with Crippen LogP contribution in [0.1, 0.15) is 32.6 Å². The topological polar surface area (TPSA) is 227 Å². The minimum absolute atomic E-state index is 0.0906. The van der Waals surface area contributed by atoms with Crippen molar-refractivity contribution >= 4 is 29.8 Å². The number of rotatable bonds is 13. The number of carboxylic acid groups (broad SMARTS) is 1. The quantitative estimate of drug-likeness (QED) is 0.0703. The van der Waals surface area contributed by atoms with Gasteiger partial charge in [-0.2, -0.15) is 0 Å². The Morgan fingerprint density at radius 3 is 2.19 bits per heavy atom. The van der Waals surface area contributed by atoms with Crippen molar-refractivity contribution in [1.29, 1.82) is 0 Å². The second-order valence-corrected chi connectivity index (χ2v) is 5.66. The number of hydrogen-bond acceptors (Lipinski definition) is 6. The summed E-state index contributed by atoms with van der Waals surface area (Å²) >= 11 is 0. The van der Waals surface area contributed by atoms with E-state index in [9.17, 15) is 24.3 Å². The highest BCUT2D eigenvalue weighted by Crippen LogP contribution is 2.00. The SMILES string of the molecule is CC(=O)N[C@@H](CCCNC(N)=O)C(=O)NN[C@@H](CCCN=C(N)N)C(=O)O. The van der Waals surface area contributed by atoms with Crippen molar-refractivity contribution in [2.75, 3.05) is 13.1 Å². The number of aliphatic imine (C=N–C) groups is 1. The number of urea groups is 1. The molecule has 0 aliphatic carbocycles. The average Bonchev–Trinajstić information content (AvgIpc) is 2.55. The van der Waals surface area contributed by atoms with Crippen molar-refractivity contribution in [3.8, 4) is 0 Å². The molecule has 0 bridgehead atoms. The summed E-state index contributed by atoms with van der Waals surface area (Å²) in [7, 11) is 0. The molecule has 0 heterocycles. The summed E-state index contributed by atoms with van der Waals surface area (Å²) in [6.45, 7) is 1.73. The van der Waals surface area contributed by atoms with Crippen LogP contribution in [0.5, 0.6) is 0 Å². The van der Waals surface area contributed by atoms with Gasteiger partial charge in [0.2, 0.25) is 5.91 Å². The van der Waals surface area contributed by atoms with Crippen LogP contribution in [0.4, 0.5) is 4.79 Å². The van der Waals surface area contributed by atoms with Crippen LogP contribution >= 0.6 is 0 Å². The first-order valence-corrected chi connectivity index (χ1v) is 8.27. The largest absolute Gasteiger partial charge is 0.480 e. The lowest BCUT2D eigenvalue weighted by atomic mass is 10.1. The zero-order valence-corrected chi connectivity index (χ0v) is 15.2. The molecule has 0 saturated heterocycles. The third-order valence-corrected chi connectivity index (χ3v) is 3.28. The van der Waals surface area contributed by atoms with Crippen LogP contribution in [-0.4, -0.2) is 60.1 Å². The summed E-state index contributed by atoms with van der Waals surface area (Å²) in [4.78, 5) is 49.1. The van der Waals surface area contributed by atoms with Crippen LogP contribution in [0.15, 0.2) is 4.99 Å². The molecule has 0 radical (unpaired) electrons. The number of nitrogens with two attached hydrogens (primary N) is 3. The number of amides is 4. The van der Waals surface area contributed by atoms with E-state index in [1.54, 1.807) is 0 Å². The fourth-order valence-electron chi connectivity index (χ4n) is 2.04. The normalized spacial score (nSPS) is 12.3. The Balaban J connectivity index is 4.54. The Labute approximate surface area is 156 Å². The van der Waals surface area contributed by atoms with Gasteiger partial charge in [0.1, 0.15) is 12.1 Å². The van der Waals surface area contributed by atoms with Crippen molar-refractivity contribution in [3.05, 3.63) is 0 Å². The van der Waals surface area contributed by atoms with Crippen molar-refractivity contribution in [1.82, 2.24) is 21.5 Å². The molecule has 0 aromatic heterocycles. The predicted molar refractivity (Wildman–Crippen MR) is 97.0 cm³/mol. The fraction of sp³-hybridized carbons (Fsp3) is 0.643. The maximum atomic E-state index is 12.2. The number of primary amides is 1. The van der Waals surface area contributed by atoms with Gasteiger partial charge in [0.05, 0.1) is 0 Å². The molecule has 13 nitrogen and oxygen atoms in total. The number of carboxylic acids is 1. The number of hydrogen-bond donors (Lipinski definition) is 8. The van der Waals surface area contributed by atoms with Gasteiger partial charge in [0.25, 0.3) is 5.91 Å². The Morgan fingerprint density at radius 2 is 1.67 bits per heavy atom. The standard InChI is InChI=1S/C14H28N8O5/c1-8(23)20-9(4-2-7-19-14(17)27)11(24)22-21-10(12(25)26)5-3-6-18-13(15)16/h9-10,21H,2-7H2,1H3,(H,20,23)(H,22,24)(H,25,26)(H4,15,16,18)(H3,17,19,27)/t9-,10-/m0/s1. The second kappa shape index (κ2) is 13.2. The molecule has 0 aliphatic rings. The molecule has 0 aromatic rings. The average molecular weight is 388 g/mol. The van der Waals surface area contributed by atoms with Gasteiger partial charge in [-0.1, -0.05) is 0 Å². The minimum Gasteiger partial charge on any atom is -0.480 e. The highest BCUT2D eigenvalue weighted by Gasteiger charge is 2.22. The zero-order chi connectivity index (χ0) is 20.8. The molecule has 0 saturated carbocycles. The molecule has 0 aliphatic heterocycles. The lowest BCUT2D eigenvalue weighted by Gasteiger charge is -2.20. The van der Waals surface area contributed by atoms with Crippen LogP contribution in [0.2, 0.25) is 0 Å². The first-order valence-electron chi connectivity index (χ1n) is 8.27. The van der Waals surface area contributed by atoms with E-state index >= 15 is 0 Å². The maximum absolute atomic E-state index is 12.2. The summed E-state index contributed by atoms with van der Waals surface area (Å²) in [5, 5.41) is 14.0. The van der Waals surface area contributed by atoms with Crippen LogP contribution in [-0.2, 0) is 14.4 Å². The molecule has 0 fully saturated rings. The maximum Gasteiger partial charge on any atom is 0.322 e. The third-order valence-electron chi connectivity index (χ3n) is 3.28. The van der Waals surface area contributed by atoms with E-state index in [1.165, 1.54) is 6.92 Å². The summed E-state index contributed by atoms with van der Waals surface area (Å²) < 4.78 is 0. The molecule has 2 atom stereocenters. The van der Waals surface area contributed by atoms with E-state index in [-0.39, 0.29) is 31.9 Å². The van der Waals surface area contributed by atoms with Gasteiger partial charge in [-0.25, -0.2) is 10.2 Å². The number of hydrazine groups is 1. The summed E-state index contributed by atoms with van der Waals surface area (Å²) in [6, 6.07) is -2.65. The van der Waals surface area contributed by atoms with E-state index < -0.39 is 35.9 Å². The third kappa shape index (κ3) is 12.9. The lowest BCUT2D eigenvalue weighted by molar-refractivity contribution is -0.140. The van der Waals surface area contributed by atoms with Crippen LogP contribution in [0, 0.1) is 0 Å². The summed E-state index contributed by atoms with van der Waals surface area (Å²) in [6.07, 6.45) is 1.14. The van der Waals surface area contributed by atoms with Gasteiger partial charge in [-0.05, 0) is 25.7 Å². The molecule has 27 heavy (non-hydrogen) atoms. The molecule has 4 amide bonds. The van der Waals surface area contributed by atoms with Crippen molar-refractivity contribution < 1.29 is 24.3 Å². The minimum atomic E-state index is -1.17. The number of carbonyl (C=O) groups excluding carboxylic acids is 3. The predicted octanol–water partition coefficient (Wildman–Crippen LogP) is -2.93. The molecular weight excluding hydrogens is 360 g/mol. The molecule has 0 rings (SSSR count). The lowest BCUT2D eigenvalue weighted by Crippen LogP contribution is -2.54. The van der Waals surface area contributed by atoms with Crippen molar-refractivity contribution in [2.45, 2.75) is 44.7 Å². The molecule has 13 heteroatoms. The van der Waals surface area contributed by atoms with Crippen LogP contribution in [0.3, 0.4) is 0 Å². The van der Waals surface area contributed by atoms with Gasteiger partial charge in [0.15, 0.2) is 5.96 Å². The Morgan fingerprint density at radius 1 is 1.04 bits per heavy atom. The monoisotopic (exact) mass is 388 g/mol. The van der Waals surface area contributed by atoms with E-state index in [0.717, 1.165) is 0 Å². The summed E-state index contributed by atoms with van der Waals surface area (Å²) in [5.74, 6) is -2.29. The van der Waals surface area contributed by atoms with E-state index in [2.05, 4.69) is 26.5 Å². The number of guanidine groups is 1. The number of nitrogens with one attached hydrogen (secondary N) is 4. The Kier molecular flexibility index (Phi) is 11.7. The van der Waals surface area contributed by atoms with Crippen LogP contribution < -0.4 is 38.7 Å². The van der Waals surface area contributed by atoms with Crippen molar-refractivity contribution in [2.24, 2.45) is 22.2 Å². The highest BCUT2D eigenvalue weighted by molar-refractivity contribution is 5.86. The van der Waals surface area contributed by atoms with Gasteiger partial charge in [-0.3, -0.25) is 24.8 Å². The first kappa shape index (κ1) is 23.9. The Bertz CT molecular complexity index is 550. The molecule has 0 unspecified atom stereocenters. The van der Waals surface area contributed by atoms with E-state index in [0.29, 0.717) is 12.8 Å². The smallest absolute Gasteiger partial charge is 0.322 e. The van der Waals surface area contributed by atoms with Crippen LogP contribution in [0.25, 0.3) is 0 Å². The van der Waals surface area contributed by atoms with Crippen molar-refractivity contribution in [3.63, 3.8) is 0 Å². The molecule has 154 valence electrons. The molecule has 0 spiro atoms. The van der Waals surface area contributed by atoms with E-state index in [4.69, 9.17) is 17.2 Å². The van der Waals surface area contributed by atoms with Gasteiger partial charge >= 0.3 is 12.0 Å². The fourth-order valence-corrected chi connectivity index (χ4v) is 2.04. The van der Waals surface area contributed by atoms with E-state index in [1.807, 2.05) is 0 Å². The molecular formula is C14H28N8O5. The first-order chi connectivity index (χ1) is 12.6. The molecule has 11 N–H and O–H groups in total. The zero-order valence-electron chi connectivity index (χ0n) is 15.2. The van der Waals surface area contributed by atoms with Gasteiger partial charge < -0.3 is 32.9 Å². The van der Waals surface area contributed by atoms with Gasteiger partial charge in [0, 0.05) is 20.0 Å². The highest BCUT2D eigenvalue weighted by atomic mass is 16.4. The number of nitrogens with zero attached hydrogens (tertiary/aromatic N) is 1. The van der Waals surface area contributed by atoms with Gasteiger partial charge in [-0.15, -0.1) is 0 Å².